The lowest BCUT2D eigenvalue weighted by atomic mass is 10.1. The largest absolute Gasteiger partial charge is 0.497 e. The Hall–Kier alpha value is -1.97. The van der Waals surface area contributed by atoms with E-state index in [-0.39, 0.29) is 0 Å². The quantitative estimate of drug-likeness (QED) is 0.559. The molecular weight excluding hydrogens is 178 g/mol. The molecule has 0 aliphatic heterocycles. The zero-order valence-corrected chi connectivity index (χ0v) is 7.87. The lowest BCUT2D eigenvalue weighted by Crippen LogP contribution is -1.94. The van der Waals surface area contributed by atoms with Crippen molar-refractivity contribution < 1.29 is 4.74 Å². The zero-order chi connectivity index (χ0) is 10.1. The van der Waals surface area contributed by atoms with Gasteiger partial charge in [0.25, 0.3) is 0 Å². The summed E-state index contributed by atoms with van der Waals surface area (Å²) < 4.78 is 5.03. The summed E-state index contributed by atoms with van der Waals surface area (Å²) in [5.74, 6) is 0.555. The summed E-state index contributed by atoms with van der Waals surface area (Å²) in [5, 5.41) is 7.76. The molecule has 4 nitrogen and oxygen atoms in total. The van der Waals surface area contributed by atoms with Gasteiger partial charge in [-0.1, -0.05) is 6.58 Å². The minimum Gasteiger partial charge on any atom is -0.497 e. The second kappa shape index (κ2) is 3.06. The van der Waals surface area contributed by atoms with Crippen LogP contribution >= 0.6 is 0 Å². The first-order valence-corrected chi connectivity index (χ1v) is 4.18. The van der Waals surface area contributed by atoms with Crippen LogP contribution in [0.25, 0.3) is 16.7 Å². The molecule has 0 aliphatic rings. The number of ether oxygens (including phenoxy) is 1. The van der Waals surface area contributed by atoms with Crippen LogP contribution in [0.5, 0.6) is 0 Å². The Kier molecular flexibility index (Phi) is 1.89. The number of aromatic amines is 1. The molecule has 1 heterocycles. The summed E-state index contributed by atoms with van der Waals surface area (Å²) in [6.45, 7) is 3.76. The number of nitrogens with two attached hydrogens (primary N) is 1. The molecule has 2 rings (SSSR count). The summed E-state index contributed by atoms with van der Waals surface area (Å²) in [6.07, 6.45) is 1.73. The van der Waals surface area contributed by atoms with Crippen molar-refractivity contribution in [3.63, 3.8) is 0 Å². The highest BCUT2D eigenvalue weighted by Gasteiger charge is 2.06. The molecule has 3 N–H and O–H groups in total. The molecular formula is C10H11N3O. The predicted molar refractivity (Wildman–Crippen MR) is 56.5 cm³/mol. The third-order valence-corrected chi connectivity index (χ3v) is 2.16. The average Bonchev–Trinajstić information content (AvgIpc) is 2.62. The van der Waals surface area contributed by atoms with Crippen LogP contribution in [0.4, 0.5) is 5.69 Å². The van der Waals surface area contributed by atoms with Crippen LogP contribution < -0.4 is 5.73 Å². The Bertz CT molecular complexity index is 487. The Balaban J connectivity index is 2.64. The molecule has 1 aromatic carbocycles. The van der Waals surface area contributed by atoms with Crippen LogP contribution in [-0.2, 0) is 4.74 Å². The molecule has 0 spiro atoms. The maximum Gasteiger partial charge on any atom is 0.121 e. The van der Waals surface area contributed by atoms with Gasteiger partial charge in [-0.25, -0.2) is 0 Å². The predicted octanol–water partition coefficient (Wildman–Crippen LogP) is 1.76. The summed E-state index contributed by atoms with van der Waals surface area (Å²) in [5.41, 5.74) is 8.20. The first-order chi connectivity index (χ1) is 6.72. The SMILES string of the molecule is C=C(OC)c1cc2[nH]ncc2cc1N. The first-order valence-electron chi connectivity index (χ1n) is 4.18. The first kappa shape index (κ1) is 8.62. The third-order valence-electron chi connectivity index (χ3n) is 2.16. The fourth-order valence-corrected chi connectivity index (χ4v) is 1.36. The fourth-order valence-electron chi connectivity index (χ4n) is 1.36. The zero-order valence-electron chi connectivity index (χ0n) is 7.87. The number of aromatic nitrogens is 2. The smallest absolute Gasteiger partial charge is 0.121 e. The number of nitrogens with one attached hydrogen (secondary N) is 1. The van der Waals surface area contributed by atoms with E-state index in [9.17, 15) is 0 Å². The van der Waals surface area contributed by atoms with Crippen LogP contribution in [0.1, 0.15) is 5.56 Å². The Morgan fingerprint density at radius 2 is 2.36 bits per heavy atom. The second-order valence-electron chi connectivity index (χ2n) is 3.02. The van der Waals surface area contributed by atoms with Gasteiger partial charge in [-0.3, -0.25) is 5.10 Å². The number of rotatable bonds is 2. The summed E-state index contributed by atoms with van der Waals surface area (Å²) >= 11 is 0. The molecule has 0 bridgehead atoms. The highest BCUT2D eigenvalue weighted by Crippen LogP contribution is 2.25. The van der Waals surface area contributed by atoms with E-state index in [0.717, 1.165) is 16.5 Å². The van der Waals surface area contributed by atoms with Gasteiger partial charge in [0, 0.05) is 16.6 Å². The van der Waals surface area contributed by atoms with Crippen molar-refractivity contribution in [2.45, 2.75) is 0 Å². The van der Waals surface area contributed by atoms with E-state index in [1.165, 1.54) is 0 Å². The lowest BCUT2D eigenvalue weighted by molar-refractivity contribution is 0.371. The maximum atomic E-state index is 5.84. The fraction of sp³-hybridized carbons (Fsp3) is 0.100. The minimum atomic E-state index is 0.555. The van der Waals surface area contributed by atoms with Crippen molar-refractivity contribution in [3.8, 4) is 0 Å². The highest BCUT2D eigenvalue weighted by molar-refractivity contribution is 5.87. The van der Waals surface area contributed by atoms with Crippen molar-refractivity contribution >= 4 is 22.3 Å². The molecule has 0 amide bonds. The Labute approximate surface area is 81.4 Å². The van der Waals surface area contributed by atoms with Crippen molar-refractivity contribution in [1.29, 1.82) is 0 Å². The van der Waals surface area contributed by atoms with Crippen LogP contribution in [0.3, 0.4) is 0 Å². The van der Waals surface area contributed by atoms with Crippen molar-refractivity contribution in [1.82, 2.24) is 10.2 Å². The number of fused-ring (bicyclic) bond motifs is 1. The summed E-state index contributed by atoms with van der Waals surface area (Å²) in [7, 11) is 1.57. The summed E-state index contributed by atoms with van der Waals surface area (Å²) in [6, 6.07) is 3.72. The molecule has 72 valence electrons. The number of benzene rings is 1. The molecule has 14 heavy (non-hydrogen) atoms. The van der Waals surface area contributed by atoms with Crippen molar-refractivity contribution in [2.75, 3.05) is 12.8 Å². The van der Waals surface area contributed by atoms with Gasteiger partial charge in [-0.2, -0.15) is 5.10 Å². The van der Waals surface area contributed by atoms with Gasteiger partial charge in [-0.05, 0) is 12.1 Å². The van der Waals surface area contributed by atoms with E-state index in [4.69, 9.17) is 10.5 Å². The molecule has 0 atom stereocenters. The van der Waals surface area contributed by atoms with Crippen LogP contribution in [0.2, 0.25) is 0 Å². The number of nitrogen functional groups attached to an aromatic ring is 1. The average molecular weight is 189 g/mol. The molecule has 4 heteroatoms. The number of hydrogen-bond donors (Lipinski definition) is 2. The Morgan fingerprint density at radius 1 is 1.57 bits per heavy atom. The van der Waals surface area contributed by atoms with E-state index >= 15 is 0 Å². The molecule has 0 saturated carbocycles. The van der Waals surface area contributed by atoms with Gasteiger partial charge >= 0.3 is 0 Å². The van der Waals surface area contributed by atoms with E-state index in [0.29, 0.717) is 11.4 Å². The summed E-state index contributed by atoms with van der Waals surface area (Å²) in [4.78, 5) is 0. The number of H-pyrrole nitrogens is 1. The molecule has 0 radical (unpaired) electrons. The third kappa shape index (κ3) is 1.21. The van der Waals surface area contributed by atoms with Gasteiger partial charge < -0.3 is 10.5 Å². The molecule has 0 unspecified atom stereocenters. The maximum absolute atomic E-state index is 5.84. The number of nitrogens with zero attached hydrogens (tertiary/aromatic N) is 1. The van der Waals surface area contributed by atoms with Crippen LogP contribution in [0, 0.1) is 0 Å². The minimum absolute atomic E-state index is 0.555. The van der Waals surface area contributed by atoms with Gasteiger partial charge in [-0.15, -0.1) is 0 Å². The number of hydrogen-bond acceptors (Lipinski definition) is 3. The van der Waals surface area contributed by atoms with Crippen molar-refractivity contribution in [3.05, 3.63) is 30.5 Å². The van der Waals surface area contributed by atoms with Gasteiger partial charge in [0.15, 0.2) is 0 Å². The highest BCUT2D eigenvalue weighted by atomic mass is 16.5. The number of anilines is 1. The lowest BCUT2D eigenvalue weighted by Gasteiger charge is -2.07. The van der Waals surface area contributed by atoms with Crippen molar-refractivity contribution in [2.24, 2.45) is 0 Å². The topological polar surface area (TPSA) is 63.9 Å². The standard InChI is InChI=1S/C10H11N3O/c1-6(14-2)8-4-10-7(3-9(8)11)5-12-13-10/h3-5H,1,11H2,2H3,(H,12,13). The van der Waals surface area contributed by atoms with Crippen LogP contribution in [-0.4, -0.2) is 17.3 Å². The normalized spacial score (nSPS) is 10.4. The van der Waals surface area contributed by atoms with Gasteiger partial charge in [0.05, 0.1) is 18.8 Å². The molecule has 0 aliphatic carbocycles. The molecule has 0 saturated heterocycles. The van der Waals surface area contributed by atoms with Gasteiger partial charge in [0.1, 0.15) is 5.76 Å². The van der Waals surface area contributed by atoms with Crippen LogP contribution in [0.15, 0.2) is 24.9 Å². The molecule has 0 fully saturated rings. The number of methoxy groups -OCH3 is 1. The molecule has 1 aromatic heterocycles. The second-order valence-corrected chi connectivity index (χ2v) is 3.02. The van der Waals surface area contributed by atoms with E-state index in [1.807, 2.05) is 12.1 Å². The Morgan fingerprint density at radius 3 is 3.07 bits per heavy atom. The van der Waals surface area contributed by atoms with Gasteiger partial charge in [0.2, 0.25) is 0 Å². The van der Waals surface area contributed by atoms with E-state index in [2.05, 4.69) is 16.8 Å². The van der Waals surface area contributed by atoms with E-state index < -0.39 is 0 Å². The van der Waals surface area contributed by atoms with E-state index in [1.54, 1.807) is 13.3 Å². The molecule has 2 aromatic rings. The monoisotopic (exact) mass is 189 g/mol.